The average molecular weight is 300 g/mol. The molecule has 2 fully saturated rings. The highest BCUT2D eigenvalue weighted by atomic mass is 16.2. The Bertz CT molecular complexity index is 584. The molecule has 4 nitrogen and oxygen atoms in total. The number of amides is 2. The van der Waals surface area contributed by atoms with E-state index in [1.54, 1.807) is 4.90 Å². The Morgan fingerprint density at radius 3 is 2.73 bits per heavy atom. The van der Waals surface area contributed by atoms with Crippen molar-refractivity contribution in [1.82, 2.24) is 4.90 Å². The van der Waals surface area contributed by atoms with Crippen molar-refractivity contribution in [3.8, 4) is 0 Å². The lowest BCUT2D eigenvalue weighted by Gasteiger charge is -2.35. The maximum Gasteiger partial charge on any atom is 0.228 e. The molecule has 1 aromatic rings. The number of rotatable bonds is 2. The standard InChI is InChI=1S/C18H24N2O2/c1-13-7-3-4-9-16(13)20-12-15(11-17(20)21)18(22)19-10-6-5-8-14(19)2/h3-4,7,9,14-15H,5-6,8,10-12H2,1-2H3/t14-,15+/m0/s1. The third kappa shape index (κ3) is 2.74. The number of hydrogen-bond donors (Lipinski definition) is 0. The molecule has 3 rings (SSSR count). The minimum Gasteiger partial charge on any atom is -0.340 e. The summed E-state index contributed by atoms with van der Waals surface area (Å²) in [6.45, 7) is 5.48. The van der Waals surface area contributed by atoms with Gasteiger partial charge in [0.05, 0.1) is 5.92 Å². The van der Waals surface area contributed by atoms with Crippen LogP contribution >= 0.6 is 0 Å². The summed E-state index contributed by atoms with van der Waals surface area (Å²) in [5.41, 5.74) is 2.02. The molecule has 0 aliphatic carbocycles. The van der Waals surface area contributed by atoms with E-state index in [1.807, 2.05) is 36.1 Å². The number of piperidine rings is 1. The summed E-state index contributed by atoms with van der Waals surface area (Å²) >= 11 is 0. The van der Waals surface area contributed by atoms with Gasteiger partial charge in [0.2, 0.25) is 11.8 Å². The normalized spacial score (nSPS) is 25.6. The second kappa shape index (κ2) is 6.11. The van der Waals surface area contributed by atoms with Crippen LogP contribution in [0.5, 0.6) is 0 Å². The topological polar surface area (TPSA) is 40.6 Å². The zero-order valence-corrected chi connectivity index (χ0v) is 13.4. The van der Waals surface area contributed by atoms with Gasteiger partial charge in [-0.25, -0.2) is 0 Å². The van der Waals surface area contributed by atoms with Crippen LogP contribution < -0.4 is 4.90 Å². The van der Waals surface area contributed by atoms with Crippen LogP contribution in [0.15, 0.2) is 24.3 Å². The van der Waals surface area contributed by atoms with Gasteiger partial charge < -0.3 is 9.80 Å². The number of carbonyl (C=O) groups is 2. The Hall–Kier alpha value is -1.84. The number of aryl methyl sites for hydroxylation is 1. The number of hydrogen-bond acceptors (Lipinski definition) is 2. The third-order valence-corrected chi connectivity index (χ3v) is 4.97. The number of carbonyl (C=O) groups excluding carboxylic acids is 2. The van der Waals surface area contributed by atoms with Gasteiger partial charge in [0, 0.05) is 31.2 Å². The van der Waals surface area contributed by atoms with Gasteiger partial charge in [-0.15, -0.1) is 0 Å². The van der Waals surface area contributed by atoms with Crippen LogP contribution in [0.3, 0.4) is 0 Å². The Kier molecular flexibility index (Phi) is 4.19. The highest BCUT2D eigenvalue weighted by Gasteiger charge is 2.38. The first-order chi connectivity index (χ1) is 10.6. The molecular formula is C18H24N2O2. The van der Waals surface area contributed by atoms with Crippen LogP contribution in [0, 0.1) is 12.8 Å². The van der Waals surface area contributed by atoms with Gasteiger partial charge in [0.25, 0.3) is 0 Å². The summed E-state index contributed by atoms with van der Waals surface area (Å²) < 4.78 is 0. The predicted molar refractivity (Wildman–Crippen MR) is 86.7 cm³/mol. The number of benzene rings is 1. The Morgan fingerprint density at radius 1 is 1.23 bits per heavy atom. The summed E-state index contributed by atoms with van der Waals surface area (Å²) in [5.74, 6) is 0.0432. The molecule has 2 heterocycles. The Morgan fingerprint density at radius 2 is 2.00 bits per heavy atom. The van der Waals surface area contributed by atoms with Crippen LogP contribution in [0.4, 0.5) is 5.69 Å². The predicted octanol–water partition coefficient (Wildman–Crippen LogP) is 2.75. The largest absolute Gasteiger partial charge is 0.340 e. The van der Waals surface area contributed by atoms with Crippen molar-refractivity contribution in [1.29, 1.82) is 0 Å². The molecule has 2 saturated heterocycles. The highest BCUT2D eigenvalue weighted by Crippen LogP contribution is 2.30. The van der Waals surface area contributed by atoms with E-state index in [4.69, 9.17) is 0 Å². The first kappa shape index (κ1) is 15.1. The number of anilines is 1. The minimum absolute atomic E-state index is 0.0670. The number of para-hydroxylation sites is 1. The zero-order valence-electron chi connectivity index (χ0n) is 13.4. The molecule has 22 heavy (non-hydrogen) atoms. The quantitative estimate of drug-likeness (QED) is 0.842. The fourth-order valence-corrected chi connectivity index (χ4v) is 3.63. The molecule has 2 aliphatic heterocycles. The molecule has 4 heteroatoms. The van der Waals surface area contributed by atoms with Crippen LogP contribution in [0.1, 0.15) is 38.2 Å². The summed E-state index contributed by atoms with van der Waals surface area (Å²) in [5, 5.41) is 0. The molecule has 0 N–H and O–H groups in total. The van der Waals surface area contributed by atoms with Gasteiger partial charge in [-0.3, -0.25) is 9.59 Å². The second-order valence-corrected chi connectivity index (χ2v) is 6.57. The van der Waals surface area contributed by atoms with Crippen molar-refractivity contribution in [3.05, 3.63) is 29.8 Å². The highest BCUT2D eigenvalue weighted by molar-refractivity contribution is 6.00. The minimum atomic E-state index is -0.187. The van der Waals surface area contributed by atoms with Crippen LogP contribution in [0.2, 0.25) is 0 Å². The van der Waals surface area contributed by atoms with E-state index >= 15 is 0 Å². The lowest BCUT2D eigenvalue weighted by molar-refractivity contribution is -0.139. The molecule has 0 aromatic heterocycles. The van der Waals surface area contributed by atoms with E-state index < -0.39 is 0 Å². The van der Waals surface area contributed by atoms with Gasteiger partial charge in [-0.2, -0.15) is 0 Å². The molecule has 0 bridgehead atoms. The second-order valence-electron chi connectivity index (χ2n) is 6.57. The molecule has 0 unspecified atom stereocenters. The smallest absolute Gasteiger partial charge is 0.228 e. The first-order valence-corrected chi connectivity index (χ1v) is 8.24. The van der Waals surface area contributed by atoms with E-state index in [-0.39, 0.29) is 17.7 Å². The number of nitrogens with zero attached hydrogens (tertiary/aromatic N) is 2. The van der Waals surface area contributed by atoms with E-state index in [1.165, 1.54) is 6.42 Å². The van der Waals surface area contributed by atoms with Gasteiger partial charge in [0.15, 0.2) is 0 Å². The molecule has 2 amide bonds. The van der Waals surface area contributed by atoms with Crippen molar-refractivity contribution in [2.75, 3.05) is 18.0 Å². The van der Waals surface area contributed by atoms with E-state index in [0.717, 1.165) is 30.6 Å². The first-order valence-electron chi connectivity index (χ1n) is 8.24. The maximum atomic E-state index is 12.8. The summed E-state index contributed by atoms with van der Waals surface area (Å²) in [6.07, 6.45) is 3.70. The maximum absolute atomic E-state index is 12.8. The summed E-state index contributed by atoms with van der Waals surface area (Å²) in [4.78, 5) is 28.9. The van der Waals surface area contributed by atoms with Crippen molar-refractivity contribution < 1.29 is 9.59 Å². The summed E-state index contributed by atoms with van der Waals surface area (Å²) in [7, 11) is 0. The molecule has 2 aliphatic rings. The van der Waals surface area contributed by atoms with E-state index in [2.05, 4.69) is 6.92 Å². The monoisotopic (exact) mass is 300 g/mol. The van der Waals surface area contributed by atoms with Gasteiger partial charge in [0.1, 0.15) is 0 Å². The fourth-order valence-electron chi connectivity index (χ4n) is 3.63. The number of likely N-dealkylation sites (tertiary alicyclic amines) is 1. The zero-order chi connectivity index (χ0) is 15.7. The third-order valence-electron chi connectivity index (χ3n) is 4.97. The van der Waals surface area contributed by atoms with E-state index in [9.17, 15) is 9.59 Å². The Labute approximate surface area is 132 Å². The lowest BCUT2D eigenvalue weighted by Crippen LogP contribution is -2.45. The molecule has 0 saturated carbocycles. The molecular weight excluding hydrogens is 276 g/mol. The van der Waals surface area contributed by atoms with Crippen LogP contribution in [-0.2, 0) is 9.59 Å². The van der Waals surface area contributed by atoms with Crippen LogP contribution in [-0.4, -0.2) is 35.8 Å². The van der Waals surface area contributed by atoms with Crippen LogP contribution in [0.25, 0.3) is 0 Å². The SMILES string of the molecule is Cc1ccccc1N1C[C@H](C(=O)N2CCCC[C@@H]2C)CC1=O. The van der Waals surface area contributed by atoms with Gasteiger partial charge in [-0.1, -0.05) is 18.2 Å². The van der Waals surface area contributed by atoms with Gasteiger partial charge in [-0.05, 0) is 44.7 Å². The molecule has 0 radical (unpaired) electrons. The Balaban J connectivity index is 1.74. The van der Waals surface area contributed by atoms with Crippen molar-refractivity contribution in [2.24, 2.45) is 5.92 Å². The molecule has 1 aromatic carbocycles. The van der Waals surface area contributed by atoms with E-state index in [0.29, 0.717) is 19.0 Å². The molecule has 118 valence electrons. The van der Waals surface area contributed by atoms with Crippen molar-refractivity contribution in [3.63, 3.8) is 0 Å². The van der Waals surface area contributed by atoms with Gasteiger partial charge >= 0.3 is 0 Å². The lowest BCUT2D eigenvalue weighted by atomic mass is 9.99. The fraction of sp³-hybridized carbons (Fsp3) is 0.556. The summed E-state index contributed by atoms with van der Waals surface area (Å²) in [6, 6.07) is 8.19. The molecule has 0 spiro atoms. The molecule has 2 atom stereocenters. The average Bonchev–Trinajstić information content (AvgIpc) is 2.89. The van der Waals surface area contributed by atoms with Crippen molar-refractivity contribution >= 4 is 17.5 Å². The van der Waals surface area contributed by atoms with Crippen molar-refractivity contribution in [2.45, 2.75) is 45.6 Å².